The van der Waals surface area contributed by atoms with Crippen LogP contribution in [0.25, 0.3) is 0 Å². The molecule has 2 aromatic rings. The fourth-order valence-electron chi connectivity index (χ4n) is 1.37. The normalized spacial score (nSPS) is 10.6. The van der Waals surface area contributed by atoms with Gasteiger partial charge in [0.2, 0.25) is 5.89 Å². The molecule has 0 fully saturated rings. The summed E-state index contributed by atoms with van der Waals surface area (Å²) < 4.78 is 9.82. The summed E-state index contributed by atoms with van der Waals surface area (Å²) in [6, 6.07) is 1.84. The number of carbonyl (C=O) groups excluding carboxylic acids is 1. The number of thiophene rings is 1. The van der Waals surface area contributed by atoms with E-state index in [-0.39, 0.29) is 12.5 Å². The summed E-state index contributed by atoms with van der Waals surface area (Å²) in [7, 11) is 1.55. The number of nitrogens with one attached hydrogen (secondary N) is 1. The highest BCUT2D eigenvalue weighted by atomic mass is 32.1. The molecule has 0 saturated carbocycles. The first kappa shape index (κ1) is 12.7. The molecule has 0 aromatic carbocycles. The molecule has 18 heavy (non-hydrogen) atoms. The zero-order valence-corrected chi connectivity index (χ0v) is 10.9. The van der Waals surface area contributed by atoms with Gasteiger partial charge >= 0.3 is 0 Å². The third-order valence-corrected chi connectivity index (χ3v) is 3.04. The molecule has 0 unspecified atom stereocenters. The second-order valence-corrected chi connectivity index (χ2v) is 4.78. The molecule has 0 radical (unpaired) electrons. The number of ether oxygens (including phenoxy) is 1. The molecule has 2 heterocycles. The van der Waals surface area contributed by atoms with Crippen LogP contribution in [0, 0.1) is 6.92 Å². The van der Waals surface area contributed by atoms with E-state index < -0.39 is 0 Å². The second-order valence-electron chi connectivity index (χ2n) is 3.67. The monoisotopic (exact) mass is 267 g/mol. The maximum Gasteiger partial charge on any atom is 0.252 e. The largest absolute Gasteiger partial charge is 0.377 e. The molecule has 1 N–H and O–H groups in total. The molecule has 0 aliphatic rings. The lowest BCUT2D eigenvalue weighted by atomic mass is 10.3. The molecule has 7 heteroatoms. The van der Waals surface area contributed by atoms with E-state index in [1.54, 1.807) is 7.11 Å². The third kappa shape index (κ3) is 3.14. The predicted octanol–water partition coefficient (Wildman–Crippen LogP) is 1.52. The Labute approximate surface area is 108 Å². The van der Waals surface area contributed by atoms with Gasteiger partial charge in [0.05, 0.1) is 12.1 Å². The van der Waals surface area contributed by atoms with E-state index in [1.165, 1.54) is 11.3 Å². The van der Waals surface area contributed by atoms with Crippen LogP contribution in [0.4, 0.5) is 0 Å². The van der Waals surface area contributed by atoms with Gasteiger partial charge in [-0.05, 0) is 13.0 Å². The fraction of sp³-hybridized carbons (Fsp3) is 0.364. The van der Waals surface area contributed by atoms with Crippen LogP contribution in [0.5, 0.6) is 0 Å². The molecule has 0 saturated heterocycles. The van der Waals surface area contributed by atoms with Crippen molar-refractivity contribution in [3.63, 3.8) is 0 Å². The van der Waals surface area contributed by atoms with Gasteiger partial charge in [-0.25, -0.2) is 0 Å². The van der Waals surface area contributed by atoms with Crippen molar-refractivity contribution in [1.29, 1.82) is 0 Å². The minimum absolute atomic E-state index is 0.147. The Morgan fingerprint density at radius 2 is 2.44 bits per heavy atom. The summed E-state index contributed by atoms with van der Waals surface area (Å²) in [5, 5.41) is 8.23. The first-order valence-electron chi connectivity index (χ1n) is 5.33. The van der Waals surface area contributed by atoms with Crippen molar-refractivity contribution in [2.45, 2.75) is 20.1 Å². The van der Waals surface area contributed by atoms with Gasteiger partial charge < -0.3 is 14.6 Å². The minimum atomic E-state index is -0.147. The molecule has 1 amide bonds. The van der Waals surface area contributed by atoms with Crippen molar-refractivity contribution >= 4 is 17.2 Å². The number of hydrogen-bond donors (Lipinski definition) is 1. The van der Waals surface area contributed by atoms with E-state index in [9.17, 15) is 4.79 Å². The van der Waals surface area contributed by atoms with E-state index in [1.807, 2.05) is 18.4 Å². The highest BCUT2D eigenvalue weighted by Gasteiger charge is 2.10. The van der Waals surface area contributed by atoms with Crippen LogP contribution in [0.1, 0.15) is 27.0 Å². The maximum atomic E-state index is 11.7. The second kappa shape index (κ2) is 5.74. The summed E-state index contributed by atoms with van der Waals surface area (Å²) in [4.78, 5) is 16.9. The number of aryl methyl sites for hydroxylation is 1. The third-order valence-electron chi connectivity index (χ3n) is 2.18. The first-order chi connectivity index (χ1) is 8.69. The van der Waals surface area contributed by atoms with Crippen LogP contribution in [-0.4, -0.2) is 23.2 Å². The number of methoxy groups -OCH3 is 1. The van der Waals surface area contributed by atoms with Gasteiger partial charge in [0.25, 0.3) is 5.91 Å². The predicted molar refractivity (Wildman–Crippen MR) is 65.2 cm³/mol. The van der Waals surface area contributed by atoms with Crippen LogP contribution < -0.4 is 5.32 Å². The number of hydrogen-bond acceptors (Lipinski definition) is 6. The average molecular weight is 267 g/mol. The Morgan fingerprint density at radius 1 is 1.61 bits per heavy atom. The average Bonchev–Trinajstić information content (AvgIpc) is 2.96. The van der Waals surface area contributed by atoms with Gasteiger partial charge in [-0.3, -0.25) is 4.79 Å². The Hall–Kier alpha value is -1.73. The molecule has 0 atom stereocenters. The maximum absolute atomic E-state index is 11.7. The van der Waals surface area contributed by atoms with E-state index in [4.69, 9.17) is 9.26 Å². The Balaban J connectivity index is 1.88. The highest BCUT2D eigenvalue weighted by molar-refractivity contribution is 7.10. The lowest BCUT2D eigenvalue weighted by molar-refractivity contribution is 0.0946. The molecule has 0 bridgehead atoms. The number of aromatic nitrogens is 2. The van der Waals surface area contributed by atoms with E-state index in [2.05, 4.69) is 15.5 Å². The van der Waals surface area contributed by atoms with Crippen LogP contribution >= 0.6 is 11.3 Å². The SMILES string of the molecule is COCc1noc(CNC(=O)c2csc(C)c2)n1. The number of nitrogens with zero attached hydrogens (tertiary/aromatic N) is 2. The lowest BCUT2D eigenvalue weighted by Gasteiger charge is -1.98. The summed E-state index contributed by atoms with van der Waals surface area (Å²) in [6.45, 7) is 2.46. The molecule has 96 valence electrons. The quantitative estimate of drug-likeness (QED) is 0.888. The molecular weight excluding hydrogens is 254 g/mol. The Bertz CT molecular complexity index is 535. The molecule has 0 spiro atoms. The number of carbonyl (C=O) groups is 1. The van der Waals surface area contributed by atoms with Crippen molar-refractivity contribution in [1.82, 2.24) is 15.5 Å². The Kier molecular flexibility index (Phi) is 4.06. The van der Waals surface area contributed by atoms with E-state index in [0.717, 1.165) is 4.88 Å². The molecule has 2 rings (SSSR count). The molecule has 6 nitrogen and oxygen atoms in total. The summed E-state index contributed by atoms with van der Waals surface area (Å²) in [6.07, 6.45) is 0. The van der Waals surface area contributed by atoms with E-state index >= 15 is 0 Å². The number of rotatable bonds is 5. The molecule has 2 aromatic heterocycles. The summed E-state index contributed by atoms with van der Waals surface area (Å²) in [5.74, 6) is 0.682. The van der Waals surface area contributed by atoms with Crippen molar-refractivity contribution in [3.8, 4) is 0 Å². The van der Waals surface area contributed by atoms with Crippen molar-refractivity contribution < 1.29 is 14.1 Å². The molecule has 0 aliphatic heterocycles. The number of amides is 1. The van der Waals surface area contributed by atoms with Gasteiger partial charge in [-0.1, -0.05) is 5.16 Å². The first-order valence-corrected chi connectivity index (χ1v) is 6.20. The van der Waals surface area contributed by atoms with Gasteiger partial charge in [0.1, 0.15) is 6.61 Å². The van der Waals surface area contributed by atoms with E-state index in [0.29, 0.717) is 23.9 Å². The van der Waals surface area contributed by atoms with Gasteiger partial charge in [-0.15, -0.1) is 11.3 Å². The smallest absolute Gasteiger partial charge is 0.252 e. The Morgan fingerprint density at radius 3 is 3.11 bits per heavy atom. The highest BCUT2D eigenvalue weighted by Crippen LogP contribution is 2.12. The van der Waals surface area contributed by atoms with Gasteiger partial charge in [0.15, 0.2) is 5.82 Å². The van der Waals surface area contributed by atoms with Gasteiger partial charge in [-0.2, -0.15) is 4.98 Å². The lowest BCUT2D eigenvalue weighted by Crippen LogP contribution is -2.22. The fourth-order valence-corrected chi connectivity index (χ4v) is 2.05. The topological polar surface area (TPSA) is 77.3 Å². The zero-order chi connectivity index (χ0) is 13.0. The van der Waals surface area contributed by atoms with Crippen molar-refractivity contribution in [3.05, 3.63) is 33.6 Å². The van der Waals surface area contributed by atoms with Crippen LogP contribution in [0.3, 0.4) is 0 Å². The van der Waals surface area contributed by atoms with Crippen LogP contribution in [0.2, 0.25) is 0 Å². The summed E-state index contributed by atoms with van der Waals surface area (Å²) in [5.41, 5.74) is 0.647. The van der Waals surface area contributed by atoms with Crippen molar-refractivity contribution in [2.75, 3.05) is 7.11 Å². The molecule has 0 aliphatic carbocycles. The van der Waals surface area contributed by atoms with Crippen LogP contribution in [0.15, 0.2) is 16.0 Å². The minimum Gasteiger partial charge on any atom is -0.377 e. The summed E-state index contributed by atoms with van der Waals surface area (Å²) >= 11 is 1.54. The van der Waals surface area contributed by atoms with Gasteiger partial charge in [0, 0.05) is 17.4 Å². The van der Waals surface area contributed by atoms with Crippen molar-refractivity contribution in [2.24, 2.45) is 0 Å². The standard InChI is InChI=1S/C11H13N3O3S/c1-7-3-8(6-18-7)11(15)12-4-10-13-9(5-16-2)14-17-10/h3,6H,4-5H2,1-2H3,(H,12,15). The zero-order valence-electron chi connectivity index (χ0n) is 10.1. The van der Waals surface area contributed by atoms with Crippen LogP contribution in [-0.2, 0) is 17.9 Å². The molecular formula is C11H13N3O3S.